The molecule has 0 aliphatic heterocycles. The maximum atomic E-state index is 11.2. The summed E-state index contributed by atoms with van der Waals surface area (Å²) in [6.07, 6.45) is 3.64. The minimum atomic E-state index is -0.715. The Morgan fingerprint density at radius 2 is 2.08 bits per heavy atom. The monoisotopic (exact) mass is 195 g/mol. The lowest BCUT2D eigenvalue weighted by Gasteiger charge is -2.05. The van der Waals surface area contributed by atoms with Crippen molar-refractivity contribution in [2.75, 3.05) is 0 Å². The first kappa shape index (κ1) is 8.12. The number of nitrogens with one attached hydrogen (secondary N) is 1. The third-order valence-corrected chi connectivity index (χ3v) is 2.66. The Morgan fingerprint density at radius 1 is 1.31 bits per heavy atom. The average molecular weight is 195 g/mol. The molecule has 1 aliphatic carbocycles. The number of hydrogen-bond donors (Lipinski definition) is 1. The van der Waals surface area contributed by atoms with Crippen molar-refractivity contribution < 1.29 is 4.79 Å². The Labute approximate surface area is 76.6 Å². The standard InChI is InChI=1S/C8H5NO3S/c10-4-2-1-3-5-6(4)9-7(11)8(12)13-5/h1,3H,2H2,(H,9,11). The van der Waals surface area contributed by atoms with Gasteiger partial charge in [-0.2, -0.15) is 0 Å². The molecule has 0 spiro atoms. The molecule has 0 aromatic carbocycles. The molecule has 0 amide bonds. The van der Waals surface area contributed by atoms with E-state index in [1.165, 1.54) is 0 Å². The van der Waals surface area contributed by atoms with Crippen molar-refractivity contribution in [3.8, 4) is 0 Å². The van der Waals surface area contributed by atoms with E-state index in [4.69, 9.17) is 0 Å². The fourth-order valence-corrected chi connectivity index (χ4v) is 1.90. The summed E-state index contributed by atoms with van der Waals surface area (Å²) in [6, 6.07) is 0. The van der Waals surface area contributed by atoms with E-state index in [1.807, 2.05) is 0 Å². The van der Waals surface area contributed by atoms with Gasteiger partial charge >= 0.3 is 5.56 Å². The lowest BCUT2D eigenvalue weighted by molar-refractivity contribution is 0.0990. The summed E-state index contributed by atoms with van der Waals surface area (Å²) in [5.41, 5.74) is -0.454. The Hall–Kier alpha value is -1.49. The molecule has 5 heteroatoms. The van der Waals surface area contributed by atoms with Crippen LogP contribution in [0.2, 0.25) is 0 Å². The van der Waals surface area contributed by atoms with Gasteiger partial charge in [0.15, 0.2) is 5.78 Å². The molecule has 0 unspecified atom stereocenters. The smallest absolute Gasteiger partial charge is 0.307 e. The van der Waals surface area contributed by atoms with Crippen molar-refractivity contribution >= 4 is 23.2 Å². The van der Waals surface area contributed by atoms with Crippen LogP contribution in [0.3, 0.4) is 0 Å². The number of carbonyl (C=O) groups is 1. The van der Waals surface area contributed by atoms with E-state index in [-0.39, 0.29) is 17.9 Å². The highest BCUT2D eigenvalue weighted by Crippen LogP contribution is 2.16. The lowest BCUT2D eigenvalue weighted by Crippen LogP contribution is -2.27. The van der Waals surface area contributed by atoms with Gasteiger partial charge in [-0.05, 0) is 6.08 Å². The van der Waals surface area contributed by atoms with Gasteiger partial charge in [0.1, 0.15) is 5.69 Å². The summed E-state index contributed by atoms with van der Waals surface area (Å²) in [4.78, 5) is 35.9. The topological polar surface area (TPSA) is 67.0 Å². The Kier molecular flexibility index (Phi) is 1.73. The van der Waals surface area contributed by atoms with Gasteiger partial charge in [0.25, 0.3) is 4.74 Å². The minimum absolute atomic E-state index is 0.147. The van der Waals surface area contributed by atoms with Gasteiger partial charge in [-0.1, -0.05) is 17.4 Å². The van der Waals surface area contributed by atoms with Crippen molar-refractivity contribution in [3.05, 3.63) is 36.5 Å². The minimum Gasteiger partial charge on any atom is -0.314 e. The molecule has 1 heterocycles. The number of carbonyl (C=O) groups excluding carboxylic acids is 1. The van der Waals surface area contributed by atoms with Crippen molar-refractivity contribution in [1.82, 2.24) is 4.98 Å². The predicted octanol–water partition coefficient (Wildman–Crippen LogP) is 0.396. The second kappa shape index (κ2) is 2.77. The second-order valence-electron chi connectivity index (χ2n) is 2.61. The first-order valence-corrected chi connectivity index (χ1v) is 4.47. The number of aromatic nitrogens is 1. The number of allylic oxidation sites excluding steroid dienone is 1. The van der Waals surface area contributed by atoms with Gasteiger partial charge in [0.05, 0.1) is 4.88 Å². The van der Waals surface area contributed by atoms with Crippen LogP contribution in [0.1, 0.15) is 21.8 Å². The zero-order valence-corrected chi connectivity index (χ0v) is 7.31. The van der Waals surface area contributed by atoms with Crippen LogP contribution in [0.5, 0.6) is 0 Å². The van der Waals surface area contributed by atoms with Gasteiger partial charge in [-0.3, -0.25) is 14.4 Å². The number of ketones is 1. The molecular weight excluding hydrogens is 190 g/mol. The van der Waals surface area contributed by atoms with Gasteiger partial charge in [-0.25, -0.2) is 0 Å². The zero-order chi connectivity index (χ0) is 9.42. The highest BCUT2D eigenvalue weighted by molar-refractivity contribution is 7.10. The quantitative estimate of drug-likeness (QED) is 0.609. The summed E-state index contributed by atoms with van der Waals surface area (Å²) in [5.74, 6) is -0.147. The molecule has 66 valence electrons. The van der Waals surface area contributed by atoms with E-state index in [0.717, 1.165) is 11.3 Å². The van der Waals surface area contributed by atoms with E-state index in [2.05, 4.69) is 4.98 Å². The molecule has 0 saturated heterocycles. The molecule has 0 bridgehead atoms. The van der Waals surface area contributed by atoms with E-state index < -0.39 is 10.3 Å². The van der Waals surface area contributed by atoms with Crippen molar-refractivity contribution in [1.29, 1.82) is 0 Å². The number of H-pyrrole nitrogens is 1. The molecule has 1 aromatic heterocycles. The Morgan fingerprint density at radius 3 is 2.85 bits per heavy atom. The summed E-state index contributed by atoms with van der Waals surface area (Å²) in [6.45, 7) is 0. The summed E-state index contributed by atoms with van der Waals surface area (Å²) in [7, 11) is 0. The van der Waals surface area contributed by atoms with Crippen LogP contribution in [0.25, 0.3) is 6.08 Å². The van der Waals surface area contributed by atoms with E-state index in [9.17, 15) is 14.4 Å². The Balaban J connectivity index is 2.82. The van der Waals surface area contributed by atoms with Crippen LogP contribution in [0.15, 0.2) is 15.7 Å². The van der Waals surface area contributed by atoms with Crippen LogP contribution in [0, 0.1) is 0 Å². The highest BCUT2D eigenvalue weighted by atomic mass is 32.1. The van der Waals surface area contributed by atoms with Gasteiger partial charge in [0.2, 0.25) is 0 Å². The SMILES string of the molecule is O=C1CC=Cc2sc(=O)c(=O)[nH]c21. The molecule has 1 N–H and O–H groups in total. The van der Waals surface area contributed by atoms with Gasteiger partial charge < -0.3 is 4.98 Å². The molecule has 0 saturated carbocycles. The fourth-order valence-electron chi connectivity index (χ4n) is 1.12. The predicted molar refractivity (Wildman–Crippen MR) is 49.2 cm³/mol. The van der Waals surface area contributed by atoms with Crippen molar-refractivity contribution in [2.24, 2.45) is 0 Å². The largest absolute Gasteiger partial charge is 0.314 e. The fraction of sp³-hybridized carbons (Fsp3) is 0.125. The third-order valence-electron chi connectivity index (χ3n) is 1.72. The maximum absolute atomic E-state index is 11.2. The van der Waals surface area contributed by atoms with Gasteiger partial charge in [-0.15, -0.1) is 0 Å². The molecule has 1 aromatic rings. The highest BCUT2D eigenvalue weighted by Gasteiger charge is 2.15. The third kappa shape index (κ3) is 1.27. The molecular formula is C8H5NO3S. The van der Waals surface area contributed by atoms with Crippen LogP contribution >= 0.6 is 11.3 Å². The number of Topliss-reactive ketones (excluding diaryl/α,β-unsaturated/α-hetero) is 1. The normalized spacial score (nSPS) is 14.3. The lowest BCUT2D eigenvalue weighted by atomic mass is 10.1. The molecule has 4 nitrogen and oxygen atoms in total. The van der Waals surface area contributed by atoms with E-state index in [0.29, 0.717) is 4.88 Å². The molecule has 2 rings (SSSR count). The first-order chi connectivity index (χ1) is 6.18. The van der Waals surface area contributed by atoms with Crippen molar-refractivity contribution in [3.63, 3.8) is 0 Å². The summed E-state index contributed by atoms with van der Waals surface area (Å²) >= 11 is 0.803. The zero-order valence-electron chi connectivity index (χ0n) is 6.49. The number of rotatable bonds is 0. The first-order valence-electron chi connectivity index (χ1n) is 3.65. The summed E-state index contributed by atoms with van der Waals surface area (Å²) < 4.78 is -0.571. The van der Waals surface area contributed by atoms with E-state index in [1.54, 1.807) is 12.2 Å². The Bertz CT molecular complexity index is 509. The van der Waals surface area contributed by atoms with E-state index >= 15 is 0 Å². The molecule has 13 heavy (non-hydrogen) atoms. The number of aromatic amines is 1. The average Bonchev–Trinajstić information content (AvgIpc) is 2.09. The maximum Gasteiger partial charge on any atom is 0.307 e. The molecule has 1 aliphatic rings. The molecule has 0 fully saturated rings. The number of fused-ring (bicyclic) bond motifs is 1. The van der Waals surface area contributed by atoms with Crippen LogP contribution in [-0.2, 0) is 0 Å². The van der Waals surface area contributed by atoms with Crippen LogP contribution in [0.4, 0.5) is 0 Å². The van der Waals surface area contributed by atoms with Crippen molar-refractivity contribution in [2.45, 2.75) is 6.42 Å². The molecule has 0 atom stereocenters. The van der Waals surface area contributed by atoms with Crippen LogP contribution in [-0.4, -0.2) is 10.8 Å². The van der Waals surface area contributed by atoms with Crippen LogP contribution < -0.4 is 10.3 Å². The number of hydrogen-bond acceptors (Lipinski definition) is 4. The second-order valence-corrected chi connectivity index (χ2v) is 3.63. The summed E-state index contributed by atoms with van der Waals surface area (Å²) in [5, 5.41) is 0. The molecule has 0 radical (unpaired) electrons. The van der Waals surface area contributed by atoms with Gasteiger partial charge in [0, 0.05) is 6.42 Å².